The van der Waals surface area contributed by atoms with Gasteiger partial charge < -0.3 is 16.6 Å². The monoisotopic (exact) mass is 561 g/mol. The van der Waals surface area contributed by atoms with Crippen LogP contribution in [0.2, 0.25) is 0 Å². The van der Waals surface area contributed by atoms with Crippen molar-refractivity contribution in [2.24, 2.45) is 11.8 Å². The van der Waals surface area contributed by atoms with E-state index in [9.17, 15) is 14.7 Å². The van der Waals surface area contributed by atoms with Crippen LogP contribution in [0.15, 0.2) is 42.5 Å². The number of hydrogen-bond acceptors (Lipinski definition) is 4. The van der Waals surface area contributed by atoms with Crippen molar-refractivity contribution in [2.75, 3.05) is 18.6 Å². The van der Waals surface area contributed by atoms with Gasteiger partial charge in [0.15, 0.2) is 0 Å². The number of carboxylic acid groups (broad SMARTS) is 1. The number of amides is 1. The number of carboxylic acids is 1. The molecule has 1 unspecified atom stereocenters. The molecule has 0 heterocycles. The second kappa shape index (κ2) is 18.7. The SMILES string of the molecule is CCCCC(COCc1ccc(C(=O)N[C@@H](CCSC)C(=O)O)c(-c2ccccc2C)c1)CC1CCCCC1.[H-].[Li+]. The Labute approximate surface area is 259 Å². The van der Waals surface area contributed by atoms with Crippen molar-refractivity contribution in [1.82, 2.24) is 5.32 Å². The van der Waals surface area contributed by atoms with Gasteiger partial charge in [-0.2, -0.15) is 11.8 Å². The molecule has 0 aromatic heterocycles. The molecule has 40 heavy (non-hydrogen) atoms. The topological polar surface area (TPSA) is 75.6 Å². The van der Waals surface area contributed by atoms with Crippen LogP contribution in [0.3, 0.4) is 0 Å². The fourth-order valence-corrected chi connectivity index (χ4v) is 6.18. The normalized spacial score (nSPS) is 15.2. The third-order valence-electron chi connectivity index (χ3n) is 7.96. The summed E-state index contributed by atoms with van der Waals surface area (Å²) in [6, 6.07) is 12.9. The van der Waals surface area contributed by atoms with Gasteiger partial charge in [0, 0.05) is 12.2 Å². The third kappa shape index (κ3) is 10.9. The molecule has 0 spiro atoms. The van der Waals surface area contributed by atoms with Gasteiger partial charge in [0.25, 0.3) is 5.91 Å². The average molecular weight is 562 g/mol. The summed E-state index contributed by atoms with van der Waals surface area (Å²) in [5, 5.41) is 12.4. The number of carbonyl (C=O) groups excluding carboxylic acids is 1. The molecule has 1 fully saturated rings. The Morgan fingerprint density at radius 1 is 1.10 bits per heavy atom. The van der Waals surface area contributed by atoms with Gasteiger partial charge in [-0.3, -0.25) is 4.79 Å². The van der Waals surface area contributed by atoms with Crippen LogP contribution in [-0.4, -0.2) is 41.6 Å². The van der Waals surface area contributed by atoms with Crippen LogP contribution in [-0.2, 0) is 16.1 Å². The fourth-order valence-electron chi connectivity index (χ4n) is 5.71. The van der Waals surface area contributed by atoms with Crippen LogP contribution >= 0.6 is 11.8 Å². The van der Waals surface area contributed by atoms with Crippen LogP contribution in [0.1, 0.15) is 94.0 Å². The van der Waals surface area contributed by atoms with Crippen molar-refractivity contribution in [3.05, 3.63) is 59.2 Å². The van der Waals surface area contributed by atoms with Gasteiger partial charge in [0.05, 0.1) is 6.61 Å². The molecule has 2 aromatic carbocycles. The zero-order chi connectivity index (χ0) is 28.0. The van der Waals surface area contributed by atoms with E-state index in [-0.39, 0.29) is 26.2 Å². The summed E-state index contributed by atoms with van der Waals surface area (Å²) in [5.41, 5.74) is 4.36. The van der Waals surface area contributed by atoms with E-state index in [1.807, 2.05) is 55.6 Å². The Kier molecular flexibility index (Phi) is 16.1. The standard InChI is InChI=1S/C33H47NO4S.Li.H/c1-4-5-12-26(20-25-13-7-6-8-14-25)22-38-23-27-16-17-29(30(21-27)28-15-10-9-11-24(28)2)32(35)34-31(33(36)37)18-19-39-3;;/h9-11,15-17,21,25-26,31H,4-8,12-14,18-20,22-23H2,1-3H3,(H,34,35)(H,36,37);;/q;+1;-1/t26?,31-;;/m0../s1. The van der Waals surface area contributed by atoms with Crippen LogP contribution in [0.5, 0.6) is 0 Å². The molecule has 1 aliphatic carbocycles. The Morgan fingerprint density at radius 2 is 1.85 bits per heavy atom. The van der Waals surface area contributed by atoms with Crippen LogP contribution in [0, 0.1) is 18.8 Å². The van der Waals surface area contributed by atoms with Gasteiger partial charge in [0.2, 0.25) is 0 Å². The number of rotatable bonds is 16. The average Bonchev–Trinajstić information content (AvgIpc) is 2.94. The minimum atomic E-state index is -1.01. The van der Waals surface area contributed by atoms with E-state index in [1.165, 1.54) is 57.8 Å². The Hall–Kier alpha value is -1.71. The predicted octanol–water partition coefficient (Wildman–Crippen LogP) is 5.01. The molecule has 5 nitrogen and oxygen atoms in total. The van der Waals surface area contributed by atoms with E-state index in [1.54, 1.807) is 11.8 Å². The van der Waals surface area contributed by atoms with Crippen molar-refractivity contribution >= 4 is 23.6 Å². The first-order valence-corrected chi connectivity index (χ1v) is 16.1. The summed E-state index contributed by atoms with van der Waals surface area (Å²) < 4.78 is 6.30. The van der Waals surface area contributed by atoms with E-state index < -0.39 is 12.0 Å². The van der Waals surface area contributed by atoms with Crippen molar-refractivity contribution in [3.8, 4) is 11.1 Å². The van der Waals surface area contributed by atoms with Crippen molar-refractivity contribution in [1.29, 1.82) is 0 Å². The molecular formula is C33H48LiNO4S. The maximum Gasteiger partial charge on any atom is 1.00 e. The summed E-state index contributed by atoms with van der Waals surface area (Å²) in [5.74, 6) is 0.744. The molecule has 1 saturated carbocycles. The number of hydrogen-bond donors (Lipinski definition) is 2. The first kappa shape index (κ1) is 34.5. The minimum absolute atomic E-state index is 0. The molecule has 3 rings (SSSR count). The number of nitrogens with one attached hydrogen (secondary N) is 1. The quantitative estimate of drug-likeness (QED) is 0.282. The zero-order valence-corrected chi connectivity index (χ0v) is 25.9. The number of benzene rings is 2. The van der Waals surface area contributed by atoms with Crippen molar-refractivity contribution in [3.63, 3.8) is 0 Å². The minimum Gasteiger partial charge on any atom is -1.00 e. The molecule has 0 aliphatic heterocycles. The Bertz CT molecular complexity index is 1060. The molecule has 0 bridgehead atoms. The van der Waals surface area contributed by atoms with Crippen LogP contribution in [0.25, 0.3) is 11.1 Å². The zero-order valence-electron chi connectivity index (χ0n) is 26.0. The van der Waals surface area contributed by atoms with Crippen molar-refractivity contribution < 1.29 is 39.7 Å². The van der Waals surface area contributed by atoms with E-state index in [2.05, 4.69) is 12.2 Å². The van der Waals surface area contributed by atoms with Crippen LogP contribution in [0.4, 0.5) is 0 Å². The van der Waals surface area contributed by atoms with Crippen LogP contribution < -0.4 is 24.2 Å². The number of thioether (sulfide) groups is 1. The van der Waals surface area contributed by atoms with Gasteiger partial charge >= 0.3 is 24.8 Å². The molecule has 216 valence electrons. The summed E-state index contributed by atoms with van der Waals surface area (Å²) in [6.07, 6.45) is 14.1. The number of aryl methyl sites for hydroxylation is 1. The largest absolute Gasteiger partial charge is 1.00 e. The molecule has 1 aliphatic rings. The molecule has 2 N–H and O–H groups in total. The summed E-state index contributed by atoms with van der Waals surface area (Å²) in [4.78, 5) is 25.1. The third-order valence-corrected chi connectivity index (χ3v) is 8.60. The van der Waals surface area contributed by atoms with Gasteiger partial charge in [-0.25, -0.2) is 4.79 Å². The molecule has 0 radical (unpaired) electrons. The van der Waals surface area contributed by atoms with Gasteiger partial charge in [0.1, 0.15) is 6.04 Å². The summed E-state index contributed by atoms with van der Waals surface area (Å²) in [6.45, 7) is 5.56. The number of unbranched alkanes of at least 4 members (excludes halogenated alkanes) is 1. The van der Waals surface area contributed by atoms with E-state index in [0.717, 1.165) is 34.8 Å². The molecular weight excluding hydrogens is 513 g/mol. The Balaban J connectivity index is 0.00000420. The molecule has 1 amide bonds. The smallest absolute Gasteiger partial charge is 1.00 e. The first-order chi connectivity index (χ1) is 18.9. The van der Waals surface area contributed by atoms with E-state index in [0.29, 0.717) is 30.3 Å². The van der Waals surface area contributed by atoms with Crippen molar-refractivity contribution in [2.45, 2.75) is 90.7 Å². The van der Waals surface area contributed by atoms with Gasteiger partial charge in [-0.05, 0) is 84.4 Å². The van der Waals surface area contributed by atoms with E-state index in [4.69, 9.17) is 4.74 Å². The molecule has 0 saturated heterocycles. The van der Waals surface area contributed by atoms with E-state index >= 15 is 0 Å². The number of ether oxygens (including phenoxy) is 1. The van der Waals surface area contributed by atoms with Gasteiger partial charge in [-0.1, -0.05) is 82.2 Å². The fraction of sp³-hybridized carbons (Fsp3) is 0.576. The summed E-state index contributed by atoms with van der Waals surface area (Å²) >= 11 is 1.57. The maximum absolute atomic E-state index is 13.3. The second-order valence-electron chi connectivity index (χ2n) is 11.1. The maximum atomic E-state index is 13.3. The van der Waals surface area contributed by atoms with Gasteiger partial charge in [-0.15, -0.1) is 0 Å². The molecule has 7 heteroatoms. The number of aliphatic carboxylic acids is 1. The molecule has 2 atom stereocenters. The number of carbonyl (C=O) groups is 2. The second-order valence-corrected chi connectivity index (χ2v) is 12.1. The predicted molar refractivity (Wildman–Crippen MR) is 163 cm³/mol. The summed E-state index contributed by atoms with van der Waals surface area (Å²) in [7, 11) is 0. The Morgan fingerprint density at radius 3 is 2.52 bits per heavy atom. The molecule has 2 aromatic rings. The first-order valence-electron chi connectivity index (χ1n) is 14.7.